The van der Waals surface area contributed by atoms with Gasteiger partial charge < -0.3 is 9.64 Å². The van der Waals surface area contributed by atoms with Gasteiger partial charge in [0.05, 0.1) is 11.4 Å². The molecule has 0 saturated heterocycles. The highest BCUT2D eigenvalue weighted by atomic mass is 32.1. The molecular formula is C13H17NO3S. The number of carbonyl (C=O) groups is 2. The number of carbonyl (C=O) groups excluding carboxylic acids is 2. The summed E-state index contributed by atoms with van der Waals surface area (Å²) in [5.41, 5.74) is 0.415. The normalized spacial score (nSPS) is 16.2. The number of nitrogens with zero attached hydrogens (tertiary/aromatic N) is 1. The largest absolute Gasteiger partial charge is 0.444 e. The molecule has 4 nitrogen and oxygen atoms in total. The van der Waals surface area contributed by atoms with Crippen molar-refractivity contribution in [2.45, 2.75) is 39.3 Å². The molecule has 18 heavy (non-hydrogen) atoms. The van der Waals surface area contributed by atoms with Crippen molar-refractivity contribution in [1.29, 1.82) is 0 Å². The fourth-order valence-electron chi connectivity index (χ4n) is 1.82. The molecule has 0 N–H and O–H groups in total. The van der Waals surface area contributed by atoms with Crippen molar-refractivity contribution >= 4 is 23.2 Å². The van der Waals surface area contributed by atoms with E-state index in [-0.39, 0.29) is 11.9 Å². The molecule has 1 aromatic heterocycles. The lowest BCUT2D eigenvalue weighted by Crippen LogP contribution is -2.36. The molecule has 1 amide bonds. The fourth-order valence-corrected chi connectivity index (χ4v) is 2.71. The van der Waals surface area contributed by atoms with E-state index in [2.05, 4.69) is 0 Å². The van der Waals surface area contributed by atoms with Crippen LogP contribution < -0.4 is 0 Å². The Morgan fingerprint density at radius 3 is 2.83 bits per heavy atom. The van der Waals surface area contributed by atoms with Crippen molar-refractivity contribution in [3.8, 4) is 0 Å². The first kappa shape index (κ1) is 13.1. The van der Waals surface area contributed by atoms with Crippen LogP contribution in [0.4, 0.5) is 4.79 Å². The number of rotatable bonds is 0. The summed E-state index contributed by atoms with van der Waals surface area (Å²) in [6.45, 7) is 6.40. The molecule has 0 atom stereocenters. The summed E-state index contributed by atoms with van der Waals surface area (Å²) in [6.07, 6.45) is 0.0154. The maximum absolute atomic E-state index is 12.0. The first-order valence-corrected chi connectivity index (χ1v) is 6.82. The third kappa shape index (κ3) is 2.90. The number of ketones is 1. The van der Waals surface area contributed by atoms with E-state index >= 15 is 0 Å². The molecule has 1 aromatic rings. The van der Waals surface area contributed by atoms with Crippen LogP contribution in [0.2, 0.25) is 0 Å². The van der Waals surface area contributed by atoms with E-state index in [1.807, 2.05) is 32.2 Å². The minimum atomic E-state index is -0.509. The van der Waals surface area contributed by atoms with Crippen LogP contribution in [0.1, 0.15) is 42.4 Å². The molecule has 2 rings (SSSR count). The Bertz CT molecular complexity index is 473. The van der Waals surface area contributed by atoms with Crippen LogP contribution >= 0.6 is 11.3 Å². The number of ether oxygens (including phenoxy) is 1. The van der Waals surface area contributed by atoms with Crippen LogP contribution in [0.25, 0.3) is 0 Å². The van der Waals surface area contributed by atoms with Crippen LogP contribution in [0.15, 0.2) is 11.4 Å². The third-order valence-corrected chi connectivity index (χ3v) is 3.62. The molecule has 2 heterocycles. The van der Waals surface area contributed by atoms with Gasteiger partial charge in [-0.3, -0.25) is 4.79 Å². The number of hydrogen-bond acceptors (Lipinski definition) is 4. The Kier molecular flexibility index (Phi) is 3.43. The summed E-state index contributed by atoms with van der Waals surface area (Å²) in [5, 5.41) is 1.89. The Hall–Kier alpha value is -1.36. The maximum atomic E-state index is 12.0. The first-order valence-electron chi connectivity index (χ1n) is 5.94. The molecule has 5 heteroatoms. The second kappa shape index (κ2) is 4.72. The summed E-state index contributed by atoms with van der Waals surface area (Å²) in [4.78, 5) is 26.2. The predicted molar refractivity (Wildman–Crippen MR) is 69.9 cm³/mol. The number of Topliss-reactive ketones (excluding diaryl/α,β-unsaturated/α-hetero) is 1. The van der Waals surface area contributed by atoms with E-state index in [0.717, 1.165) is 10.4 Å². The van der Waals surface area contributed by atoms with Crippen LogP contribution in [-0.2, 0) is 11.3 Å². The van der Waals surface area contributed by atoms with Gasteiger partial charge in [-0.05, 0) is 37.8 Å². The smallest absolute Gasteiger partial charge is 0.410 e. The van der Waals surface area contributed by atoms with Crippen LogP contribution in [0, 0.1) is 0 Å². The van der Waals surface area contributed by atoms with Crippen LogP contribution in [0.5, 0.6) is 0 Å². The van der Waals surface area contributed by atoms with Gasteiger partial charge in [-0.1, -0.05) is 0 Å². The van der Waals surface area contributed by atoms with E-state index in [1.54, 1.807) is 4.90 Å². The Morgan fingerprint density at radius 1 is 1.44 bits per heavy atom. The SMILES string of the molecule is CC(C)(C)OC(=O)N1CCC(=O)c2sccc2C1. The molecular weight excluding hydrogens is 250 g/mol. The maximum Gasteiger partial charge on any atom is 0.410 e. The summed E-state index contributed by atoms with van der Waals surface area (Å²) in [6, 6.07) is 1.90. The highest BCUT2D eigenvalue weighted by molar-refractivity contribution is 7.12. The lowest BCUT2D eigenvalue weighted by atomic mass is 10.2. The molecule has 98 valence electrons. The van der Waals surface area contributed by atoms with E-state index < -0.39 is 5.60 Å². The first-order chi connectivity index (χ1) is 8.37. The van der Waals surface area contributed by atoms with Gasteiger partial charge in [0.2, 0.25) is 0 Å². The molecule has 1 aliphatic heterocycles. The molecule has 0 spiro atoms. The molecule has 0 unspecified atom stereocenters. The number of hydrogen-bond donors (Lipinski definition) is 0. The number of fused-ring (bicyclic) bond motifs is 1. The van der Waals surface area contributed by atoms with Gasteiger partial charge in [0.25, 0.3) is 0 Å². The predicted octanol–water partition coefficient (Wildman–Crippen LogP) is 3.07. The van der Waals surface area contributed by atoms with Gasteiger partial charge in [0, 0.05) is 13.0 Å². The van der Waals surface area contributed by atoms with E-state index in [1.165, 1.54) is 11.3 Å². The summed E-state index contributed by atoms with van der Waals surface area (Å²) in [7, 11) is 0. The highest BCUT2D eigenvalue weighted by Gasteiger charge is 2.27. The van der Waals surface area contributed by atoms with Gasteiger partial charge in [-0.15, -0.1) is 11.3 Å². The monoisotopic (exact) mass is 267 g/mol. The van der Waals surface area contributed by atoms with Crippen LogP contribution in [0.3, 0.4) is 0 Å². The average molecular weight is 267 g/mol. The standard InChI is InChI=1S/C13H17NO3S/c1-13(2,3)17-12(16)14-6-4-10(15)11-9(8-14)5-7-18-11/h5,7H,4,6,8H2,1-3H3. The Balaban J connectivity index is 2.13. The molecule has 0 aliphatic carbocycles. The zero-order chi connectivity index (χ0) is 13.3. The fraction of sp³-hybridized carbons (Fsp3) is 0.538. The zero-order valence-corrected chi connectivity index (χ0v) is 11.7. The summed E-state index contributed by atoms with van der Waals surface area (Å²) < 4.78 is 5.34. The topological polar surface area (TPSA) is 46.6 Å². The molecule has 1 aliphatic rings. The van der Waals surface area contributed by atoms with Crippen molar-refractivity contribution in [3.63, 3.8) is 0 Å². The van der Waals surface area contributed by atoms with Crippen molar-refractivity contribution < 1.29 is 14.3 Å². The van der Waals surface area contributed by atoms with Gasteiger partial charge in [0.15, 0.2) is 5.78 Å². The molecule has 0 radical (unpaired) electrons. The molecule has 0 bridgehead atoms. The van der Waals surface area contributed by atoms with Gasteiger partial charge in [-0.2, -0.15) is 0 Å². The van der Waals surface area contributed by atoms with E-state index in [9.17, 15) is 9.59 Å². The van der Waals surface area contributed by atoms with Crippen LogP contribution in [-0.4, -0.2) is 28.9 Å². The zero-order valence-electron chi connectivity index (χ0n) is 10.9. The molecule has 0 fully saturated rings. The van der Waals surface area contributed by atoms with Crippen molar-refractivity contribution in [1.82, 2.24) is 4.90 Å². The van der Waals surface area contributed by atoms with Gasteiger partial charge in [-0.25, -0.2) is 4.79 Å². The summed E-state index contributed by atoms with van der Waals surface area (Å²) >= 11 is 1.45. The number of thiophene rings is 1. The summed E-state index contributed by atoms with van der Waals surface area (Å²) in [5.74, 6) is 0.117. The minimum Gasteiger partial charge on any atom is -0.444 e. The van der Waals surface area contributed by atoms with Gasteiger partial charge >= 0.3 is 6.09 Å². The van der Waals surface area contributed by atoms with Gasteiger partial charge in [0.1, 0.15) is 5.60 Å². The average Bonchev–Trinajstić information content (AvgIpc) is 2.63. The van der Waals surface area contributed by atoms with Crippen molar-refractivity contribution in [2.24, 2.45) is 0 Å². The van der Waals surface area contributed by atoms with E-state index in [4.69, 9.17) is 4.74 Å². The van der Waals surface area contributed by atoms with Crippen molar-refractivity contribution in [2.75, 3.05) is 6.54 Å². The van der Waals surface area contributed by atoms with Crippen molar-refractivity contribution in [3.05, 3.63) is 21.9 Å². The molecule has 0 saturated carbocycles. The lowest BCUT2D eigenvalue weighted by molar-refractivity contribution is 0.0238. The minimum absolute atomic E-state index is 0.117. The molecule has 0 aromatic carbocycles. The quantitative estimate of drug-likeness (QED) is 0.725. The Morgan fingerprint density at radius 2 is 2.17 bits per heavy atom. The second-order valence-electron chi connectivity index (χ2n) is 5.35. The lowest BCUT2D eigenvalue weighted by Gasteiger charge is -2.26. The van der Waals surface area contributed by atoms with E-state index in [0.29, 0.717) is 19.5 Å². The highest BCUT2D eigenvalue weighted by Crippen LogP contribution is 2.24. The Labute approximate surface area is 111 Å². The number of amides is 1. The third-order valence-electron chi connectivity index (χ3n) is 2.62. The second-order valence-corrected chi connectivity index (χ2v) is 6.27.